The van der Waals surface area contributed by atoms with Crippen LogP contribution >= 0.6 is 0 Å². The molecule has 0 heterocycles. The van der Waals surface area contributed by atoms with Crippen LogP contribution in [0.25, 0.3) is 0 Å². The third-order valence-electron chi connectivity index (χ3n) is 3.83. The van der Waals surface area contributed by atoms with E-state index in [-0.39, 0.29) is 0 Å². The van der Waals surface area contributed by atoms with Crippen LogP contribution in [0.1, 0.15) is 65.7 Å². The Kier molecular flexibility index (Phi) is 17.4. The maximum atomic E-state index is 5.50. The first kappa shape index (κ1) is 22.9. The molecule has 0 aromatic carbocycles. The van der Waals surface area contributed by atoms with E-state index in [1.807, 2.05) is 13.8 Å². The van der Waals surface area contributed by atoms with E-state index in [4.69, 9.17) is 14.2 Å². The fourth-order valence-corrected chi connectivity index (χ4v) is 2.29. The second-order valence-electron chi connectivity index (χ2n) is 5.54. The summed E-state index contributed by atoms with van der Waals surface area (Å²) in [6.07, 6.45) is 10.7. The van der Waals surface area contributed by atoms with Gasteiger partial charge in [-0.1, -0.05) is 51.5 Å². The number of rotatable bonds is 12. The summed E-state index contributed by atoms with van der Waals surface area (Å²) in [5.41, 5.74) is 0. The van der Waals surface area contributed by atoms with Crippen molar-refractivity contribution in [2.45, 2.75) is 71.5 Å². The smallest absolute Gasteiger partial charge is 0.169 e. The standard InChI is InChI=1S/C15H32O3.C3H6/c1-6-7-8-9-10-11-12-14(13-16-3)15(2,17-4)18-5;1-3-2/h14H,6-13H2,1-5H3;3H,1H2,2H3. The number of unbranched alkanes of at least 4 members (excludes halogenated alkanes) is 5. The Morgan fingerprint density at radius 1 is 1.00 bits per heavy atom. The molecule has 0 fully saturated rings. The first-order valence-corrected chi connectivity index (χ1v) is 8.22. The van der Waals surface area contributed by atoms with Gasteiger partial charge in [-0.05, 0) is 20.3 Å². The minimum Gasteiger partial charge on any atom is -0.384 e. The van der Waals surface area contributed by atoms with Gasteiger partial charge in [0, 0.05) is 27.2 Å². The highest BCUT2D eigenvalue weighted by molar-refractivity contribution is 4.74. The number of allylic oxidation sites excluding steroid dienone is 1. The molecule has 0 aromatic heterocycles. The van der Waals surface area contributed by atoms with Crippen molar-refractivity contribution in [1.82, 2.24) is 0 Å². The Morgan fingerprint density at radius 2 is 1.48 bits per heavy atom. The van der Waals surface area contributed by atoms with Crippen molar-refractivity contribution in [2.24, 2.45) is 5.92 Å². The van der Waals surface area contributed by atoms with Gasteiger partial charge in [0.15, 0.2) is 5.79 Å². The van der Waals surface area contributed by atoms with Gasteiger partial charge in [-0.25, -0.2) is 0 Å². The molecule has 0 aliphatic rings. The quantitative estimate of drug-likeness (QED) is 0.282. The van der Waals surface area contributed by atoms with E-state index in [0.717, 1.165) is 6.42 Å². The maximum Gasteiger partial charge on any atom is 0.169 e. The molecule has 0 N–H and O–H groups in total. The van der Waals surface area contributed by atoms with Crippen LogP contribution in [0.3, 0.4) is 0 Å². The van der Waals surface area contributed by atoms with Gasteiger partial charge in [0.1, 0.15) is 0 Å². The SMILES string of the molecule is C=CC.CCCCCCCCC(COC)C(C)(OC)OC. The summed E-state index contributed by atoms with van der Waals surface area (Å²) in [6, 6.07) is 0. The molecule has 128 valence electrons. The van der Waals surface area contributed by atoms with E-state index in [1.165, 1.54) is 38.5 Å². The fourth-order valence-electron chi connectivity index (χ4n) is 2.29. The second kappa shape index (κ2) is 16.0. The summed E-state index contributed by atoms with van der Waals surface area (Å²) >= 11 is 0. The molecule has 3 nitrogen and oxygen atoms in total. The van der Waals surface area contributed by atoms with E-state index >= 15 is 0 Å². The average Bonchev–Trinajstić information content (AvgIpc) is 2.49. The Balaban J connectivity index is 0. The topological polar surface area (TPSA) is 27.7 Å². The first-order chi connectivity index (χ1) is 10.1. The lowest BCUT2D eigenvalue weighted by Crippen LogP contribution is -2.41. The highest BCUT2D eigenvalue weighted by Gasteiger charge is 2.33. The van der Waals surface area contributed by atoms with Crippen LogP contribution in [0.2, 0.25) is 0 Å². The van der Waals surface area contributed by atoms with Crippen molar-refractivity contribution < 1.29 is 14.2 Å². The predicted octanol–water partition coefficient (Wildman–Crippen LogP) is 5.20. The van der Waals surface area contributed by atoms with E-state index in [1.54, 1.807) is 27.4 Å². The van der Waals surface area contributed by atoms with Crippen LogP contribution in [0.15, 0.2) is 12.7 Å². The van der Waals surface area contributed by atoms with E-state index in [2.05, 4.69) is 13.5 Å². The van der Waals surface area contributed by atoms with Crippen molar-refractivity contribution in [3.63, 3.8) is 0 Å². The zero-order valence-electron chi connectivity index (χ0n) is 15.2. The second-order valence-corrected chi connectivity index (χ2v) is 5.54. The Bertz CT molecular complexity index is 213. The van der Waals surface area contributed by atoms with Gasteiger partial charge in [0.05, 0.1) is 6.61 Å². The molecule has 0 aliphatic heterocycles. The number of ether oxygens (including phenoxy) is 3. The molecule has 0 bridgehead atoms. The summed E-state index contributed by atoms with van der Waals surface area (Å²) in [5, 5.41) is 0. The highest BCUT2D eigenvalue weighted by atomic mass is 16.7. The molecule has 1 atom stereocenters. The van der Waals surface area contributed by atoms with E-state index in [9.17, 15) is 0 Å². The van der Waals surface area contributed by atoms with E-state index < -0.39 is 5.79 Å². The van der Waals surface area contributed by atoms with Crippen LogP contribution in [0.4, 0.5) is 0 Å². The lowest BCUT2D eigenvalue weighted by Gasteiger charge is -2.34. The van der Waals surface area contributed by atoms with Crippen LogP contribution in [-0.4, -0.2) is 33.7 Å². The van der Waals surface area contributed by atoms with Gasteiger partial charge in [0.25, 0.3) is 0 Å². The minimum atomic E-state index is -0.528. The number of hydrogen-bond acceptors (Lipinski definition) is 3. The molecule has 0 amide bonds. The fraction of sp³-hybridized carbons (Fsp3) is 0.889. The molecular weight excluding hydrogens is 264 g/mol. The summed E-state index contributed by atoms with van der Waals surface area (Å²) in [5.74, 6) is -0.233. The Labute approximate surface area is 133 Å². The van der Waals surface area contributed by atoms with Crippen molar-refractivity contribution in [1.29, 1.82) is 0 Å². The molecule has 0 radical (unpaired) electrons. The van der Waals surface area contributed by atoms with Gasteiger partial charge < -0.3 is 14.2 Å². The van der Waals surface area contributed by atoms with Crippen LogP contribution in [-0.2, 0) is 14.2 Å². The first-order valence-electron chi connectivity index (χ1n) is 8.22. The Morgan fingerprint density at radius 3 is 1.90 bits per heavy atom. The third kappa shape index (κ3) is 11.9. The lowest BCUT2D eigenvalue weighted by atomic mass is 9.93. The molecule has 21 heavy (non-hydrogen) atoms. The molecule has 0 saturated carbocycles. The monoisotopic (exact) mass is 302 g/mol. The van der Waals surface area contributed by atoms with Gasteiger partial charge in [-0.2, -0.15) is 0 Å². The molecule has 0 aliphatic carbocycles. The highest BCUT2D eigenvalue weighted by Crippen LogP contribution is 2.27. The van der Waals surface area contributed by atoms with Crippen molar-refractivity contribution in [3.8, 4) is 0 Å². The zero-order chi connectivity index (χ0) is 16.6. The van der Waals surface area contributed by atoms with Gasteiger partial charge in [0.2, 0.25) is 0 Å². The normalized spacial score (nSPS) is 12.5. The van der Waals surface area contributed by atoms with Crippen molar-refractivity contribution >= 4 is 0 Å². The molecule has 0 aromatic rings. The predicted molar refractivity (Wildman–Crippen MR) is 91.7 cm³/mol. The largest absolute Gasteiger partial charge is 0.384 e. The summed E-state index contributed by atoms with van der Waals surface area (Å²) in [7, 11) is 5.14. The average molecular weight is 302 g/mol. The van der Waals surface area contributed by atoms with Crippen LogP contribution < -0.4 is 0 Å². The van der Waals surface area contributed by atoms with Gasteiger partial charge in [-0.15, -0.1) is 6.58 Å². The minimum absolute atomic E-state index is 0.295. The van der Waals surface area contributed by atoms with Crippen LogP contribution in [0.5, 0.6) is 0 Å². The molecule has 3 heteroatoms. The van der Waals surface area contributed by atoms with Crippen molar-refractivity contribution in [3.05, 3.63) is 12.7 Å². The van der Waals surface area contributed by atoms with Gasteiger partial charge in [-0.3, -0.25) is 0 Å². The molecule has 0 spiro atoms. The molecule has 0 rings (SSSR count). The molecular formula is C18H38O3. The van der Waals surface area contributed by atoms with Gasteiger partial charge >= 0.3 is 0 Å². The molecule has 1 unspecified atom stereocenters. The van der Waals surface area contributed by atoms with Crippen LogP contribution in [0, 0.1) is 5.92 Å². The maximum absolute atomic E-state index is 5.50. The third-order valence-corrected chi connectivity index (χ3v) is 3.83. The zero-order valence-corrected chi connectivity index (χ0v) is 15.2. The summed E-state index contributed by atoms with van der Waals surface area (Å²) in [4.78, 5) is 0. The summed E-state index contributed by atoms with van der Waals surface area (Å²) in [6.45, 7) is 10.2. The van der Waals surface area contributed by atoms with E-state index in [0.29, 0.717) is 12.5 Å². The number of methoxy groups -OCH3 is 3. The lowest BCUT2D eigenvalue weighted by molar-refractivity contribution is -0.236. The Hall–Kier alpha value is -0.380. The summed E-state index contributed by atoms with van der Waals surface area (Å²) < 4.78 is 16.3. The number of hydrogen-bond donors (Lipinski definition) is 0. The molecule has 0 saturated heterocycles. The van der Waals surface area contributed by atoms with Crippen molar-refractivity contribution in [2.75, 3.05) is 27.9 Å².